The van der Waals surface area contributed by atoms with Gasteiger partial charge in [-0.15, -0.1) is 0 Å². The summed E-state index contributed by atoms with van der Waals surface area (Å²) in [6, 6.07) is 11.3. The van der Waals surface area contributed by atoms with Crippen molar-refractivity contribution in [2.45, 2.75) is 19.9 Å². The molecule has 1 aromatic carbocycles. The molecular formula is C22H27N7O2. The Bertz CT molecular complexity index is 1060. The number of hydrogen-bond acceptors (Lipinski definition) is 5. The fraction of sp³-hybridized carbons (Fsp3) is 0.364. The second-order valence-corrected chi connectivity index (χ2v) is 7.93. The zero-order valence-corrected chi connectivity index (χ0v) is 17.8. The minimum Gasteiger partial charge on any atom is -0.325 e. The topological polar surface area (TPSA) is 95.4 Å². The number of amides is 3. The summed E-state index contributed by atoms with van der Waals surface area (Å²) in [5.74, 6) is -0.0505. The lowest BCUT2D eigenvalue weighted by Crippen LogP contribution is -2.51. The summed E-state index contributed by atoms with van der Waals surface area (Å²) in [7, 11) is 0. The van der Waals surface area contributed by atoms with E-state index in [-0.39, 0.29) is 18.0 Å². The monoisotopic (exact) mass is 421 g/mol. The van der Waals surface area contributed by atoms with Crippen molar-refractivity contribution < 1.29 is 9.59 Å². The van der Waals surface area contributed by atoms with Crippen molar-refractivity contribution in [2.24, 2.45) is 0 Å². The van der Waals surface area contributed by atoms with E-state index in [9.17, 15) is 9.59 Å². The predicted octanol–water partition coefficient (Wildman–Crippen LogP) is 2.80. The quantitative estimate of drug-likeness (QED) is 0.661. The number of para-hydroxylation sites is 1. The van der Waals surface area contributed by atoms with Gasteiger partial charge in [0.05, 0.1) is 24.6 Å². The lowest BCUT2D eigenvalue weighted by atomic mass is 10.3. The maximum atomic E-state index is 12.7. The molecule has 0 radical (unpaired) electrons. The molecule has 1 aliphatic heterocycles. The Morgan fingerprint density at radius 3 is 2.45 bits per heavy atom. The first-order valence-electron chi connectivity index (χ1n) is 10.5. The van der Waals surface area contributed by atoms with Gasteiger partial charge >= 0.3 is 6.03 Å². The highest BCUT2D eigenvalue weighted by atomic mass is 16.2. The number of anilines is 2. The molecule has 162 valence electrons. The smallest absolute Gasteiger partial charge is 0.321 e. The number of pyridine rings is 1. The van der Waals surface area contributed by atoms with E-state index in [1.54, 1.807) is 17.3 Å². The highest BCUT2D eigenvalue weighted by molar-refractivity contribution is 5.93. The maximum absolute atomic E-state index is 12.7. The van der Waals surface area contributed by atoms with Crippen LogP contribution in [-0.2, 0) is 4.79 Å². The third-order valence-electron chi connectivity index (χ3n) is 5.26. The molecule has 9 nitrogen and oxygen atoms in total. The van der Waals surface area contributed by atoms with E-state index in [1.807, 2.05) is 41.1 Å². The Hall–Kier alpha value is -3.46. The number of carbonyl (C=O) groups excluding carboxylic acids is 2. The van der Waals surface area contributed by atoms with Gasteiger partial charge in [-0.2, -0.15) is 5.10 Å². The molecule has 1 fully saturated rings. The van der Waals surface area contributed by atoms with Crippen LogP contribution in [-0.4, -0.2) is 69.2 Å². The number of benzene rings is 1. The van der Waals surface area contributed by atoms with Crippen LogP contribution in [0.3, 0.4) is 0 Å². The summed E-state index contributed by atoms with van der Waals surface area (Å²) in [4.78, 5) is 33.1. The Morgan fingerprint density at radius 2 is 1.74 bits per heavy atom. The Balaban J connectivity index is 1.27. The fourth-order valence-corrected chi connectivity index (χ4v) is 3.62. The number of piperazine rings is 1. The molecule has 0 spiro atoms. The van der Waals surface area contributed by atoms with E-state index in [1.165, 1.54) is 0 Å². The molecule has 0 saturated carbocycles. The fourth-order valence-electron chi connectivity index (χ4n) is 3.62. The van der Waals surface area contributed by atoms with Gasteiger partial charge in [-0.3, -0.25) is 9.69 Å². The molecule has 2 aromatic heterocycles. The summed E-state index contributed by atoms with van der Waals surface area (Å²) in [6.07, 6.45) is 3.42. The molecular weight excluding hydrogens is 394 g/mol. The Kier molecular flexibility index (Phi) is 6.13. The van der Waals surface area contributed by atoms with Crippen LogP contribution in [0.25, 0.3) is 11.0 Å². The van der Waals surface area contributed by atoms with Gasteiger partial charge in [0.1, 0.15) is 0 Å². The number of rotatable bonds is 5. The van der Waals surface area contributed by atoms with Crippen molar-refractivity contribution in [3.8, 4) is 0 Å². The number of nitrogens with zero attached hydrogens (tertiary/aromatic N) is 5. The highest BCUT2D eigenvalue weighted by Gasteiger charge is 2.23. The van der Waals surface area contributed by atoms with Crippen LogP contribution in [0.5, 0.6) is 0 Å². The third-order valence-corrected chi connectivity index (χ3v) is 5.26. The molecule has 0 aliphatic carbocycles. The number of urea groups is 1. The SMILES string of the molecule is CC(C)n1ncc2cc(NC(=O)N3CCN(CC(=O)Nc4ccccc4)CC3)cnc21. The van der Waals surface area contributed by atoms with Crippen LogP contribution in [0.1, 0.15) is 19.9 Å². The highest BCUT2D eigenvalue weighted by Crippen LogP contribution is 2.19. The van der Waals surface area contributed by atoms with Crippen molar-refractivity contribution in [2.75, 3.05) is 43.4 Å². The summed E-state index contributed by atoms with van der Waals surface area (Å²) < 4.78 is 1.86. The van der Waals surface area contributed by atoms with Crippen LogP contribution in [0, 0.1) is 0 Å². The molecule has 2 N–H and O–H groups in total. The van der Waals surface area contributed by atoms with Crippen molar-refractivity contribution in [1.82, 2.24) is 24.6 Å². The van der Waals surface area contributed by atoms with E-state index in [4.69, 9.17) is 0 Å². The van der Waals surface area contributed by atoms with Crippen LogP contribution >= 0.6 is 0 Å². The number of aromatic nitrogens is 3. The van der Waals surface area contributed by atoms with E-state index >= 15 is 0 Å². The lowest BCUT2D eigenvalue weighted by molar-refractivity contribution is -0.117. The average Bonchev–Trinajstić information content (AvgIpc) is 3.18. The van der Waals surface area contributed by atoms with Gasteiger partial charge in [0.2, 0.25) is 5.91 Å². The zero-order valence-electron chi connectivity index (χ0n) is 17.8. The molecule has 1 saturated heterocycles. The first kappa shape index (κ1) is 20.8. The van der Waals surface area contributed by atoms with Crippen LogP contribution in [0.2, 0.25) is 0 Å². The van der Waals surface area contributed by atoms with Gasteiger partial charge in [-0.05, 0) is 32.0 Å². The van der Waals surface area contributed by atoms with E-state index < -0.39 is 0 Å². The third kappa shape index (κ3) is 5.00. The molecule has 1 aliphatic rings. The molecule has 0 unspecified atom stereocenters. The van der Waals surface area contributed by atoms with Crippen molar-refractivity contribution in [3.63, 3.8) is 0 Å². The molecule has 3 heterocycles. The Labute approximate surface area is 181 Å². The van der Waals surface area contributed by atoms with Gasteiger partial charge in [-0.25, -0.2) is 14.5 Å². The summed E-state index contributed by atoms with van der Waals surface area (Å²) in [5, 5.41) is 11.1. The van der Waals surface area contributed by atoms with Crippen LogP contribution < -0.4 is 10.6 Å². The lowest BCUT2D eigenvalue weighted by Gasteiger charge is -2.34. The average molecular weight is 422 g/mol. The largest absolute Gasteiger partial charge is 0.325 e. The van der Waals surface area contributed by atoms with Gasteiger partial charge in [0, 0.05) is 43.3 Å². The summed E-state index contributed by atoms with van der Waals surface area (Å²) in [5.41, 5.74) is 2.23. The van der Waals surface area contributed by atoms with Crippen LogP contribution in [0.15, 0.2) is 48.8 Å². The van der Waals surface area contributed by atoms with Crippen molar-refractivity contribution >= 4 is 34.3 Å². The van der Waals surface area contributed by atoms with Gasteiger partial charge in [0.25, 0.3) is 0 Å². The first-order valence-corrected chi connectivity index (χ1v) is 10.5. The first-order chi connectivity index (χ1) is 15.0. The van der Waals surface area contributed by atoms with Crippen molar-refractivity contribution in [3.05, 3.63) is 48.8 Å². The second kappa shape index (κ2) is 9.13. The van der Waals surface area contributed by atoms with Gasteiger partial charge in [-0.1, -0.05) is 18.2 Å². The minimum absolute atomic E-state index is 0.0505. The molecule has 0 atom stereocenters. The summed E-state index contributed by atoms with van der Waals surface area (Å²) >= 11 is 0. The molecule has 9 heteroatoms. The van der Waals surface area contributed by atoms with Crippen molar-refractivity contribution in [1.29, 1.82) is 0 Å². The number of hydrogen-bond donors (Lipinski definition) is 2. The van der Waals surface area contributed by atoms with Gasteiger partial charge < -0.3 is 15.5 Å². The Morgan fingerprint density at radius 1 is 1.00 bits per heavy atom. The normalized spacial score (nSPS) is 14.7. The minimum atomic E-state index is -0.161. The van der Waals surface area contributed by atoms with E-state index in [0.717, 1.165) is 16.7 Å². The molecule has 3 amide bonds. The number of fused-ring (bicyclic) bond motifs is 1. The maximum Gasteiger partial charge on any atom is 0.321 e. The standard InChI is InChI=1S/C22H27N7O2/c1-16(2)29-21-17(13-24-29)12-19(14-23-21)26-22(31)28-10-8-27(9-11-28)15-20(30)25-18-6-4-3-5-7-18/h3-7,12-14,16H,8-11,15H2,1-2H3,(H,25,30)(H,26,31). The molecule has 31 heavy (non-hydrogen) atoms. The number of nitrogens with one attached hydrogen (secondary N) is 2. The summed E-state index contributed by atoms with van der Waals surface area (Å²) in [6.45, 7) is 6.83. The number of carbonyl (C=O) groups is 2. The predicted molar refractivity (Wildman–Crippen MR) is 120 cm³/mol. The van der Waals surface area contributed by atoms with E-state index in [0.29, 0.717) is 38.4 Å². The zero-order chi connectivity index (χ0) is 21.8. The second-order valence-electron chi connectivity index (χ2n) is 7.93. The molecule has 3 aromatic rings. The van der Waals surface area contributed by atoms with Crippen LogP contribution in [0.4, 0.5) is 16.2 Å². The molecule has 0 bridgehead atoms. The van der Waals surface area contributed by atoms with Gasteiger partial charge in [0.15, 0.2) is 5.65 Å². The molecule has 4 rings (SSSR count). The van der Waals surface area contributed by atoms with E-state index in [2.05, 4.69) is 39.5 Å².